The summed E-state index contributed by atoms with van der Waals surface area (Å²) in [5, 5.41) is 10.9. The summed E-state index contributed by atoms with van der Waals surface area (Å²) in [5.74, 6) is -0.494. The summed E-state index contributed by atoms with van der Waals surface area (Å²) >= 11 is 1.47. The normalized spacial score (nSPS) is 16.3. The van der Waals surface area contributed by atoms with Crippen molar-refractivity contribution in [1.29, 1.82) is 0 Å². The van der Waals surface area contributed by atoms with Crippen molar-refractivity contribution in [3.8, 4) is 0 Å². The second-order valence-electron chi connectivity index (χ2n) is 3.48. The van der Waals surface area contributed by atoms with Gasteiger partial charge in [0.15, 0.2) is 10.7 Å². The molecule has 0 saturated heterocycles. The molecule has 2 aromatic heterocycles. The first-order valence-electron chi connectivity index (χ1n) is 4.46. The maximum absolute atomic E-state index is 11.1. The van der Waals surface area contributed by atoms with Gasteiger partial charge in [0, 0.05) is 17.5 Å². The molecule has 2 aromatic rings. The number of carboxylic acid groups (broad SMARTS) is 1. The number of hydrogen-bond acceptors (Lipinski definition) is 3. The van der Waals surface area contributed by atoms with Crippen molar-refractivity contribution in [2.45, 2.75) is 18.8 Å². The number of nitrogens with zero attached hydrogens (tertiary/aromatic N) is 2. The van der Waals surface area contributed by atoms with Crippen LogP contribution in [-0.2, 0) is 0 Å². The zero-order chi connectivity index (χ0) is 9.71. The standard InChI is InChI=1S/C9H8N2O2S/c12-8(13)7-6(5-1-2-5)10-9-11(7)3-4-14-9/h3-5H,1-2H2,(H,12,13). The van der Waals surface area contributed by atoms with Crippen molar-refractivity contribution in [2.24, 2.45) is 0 Å². The molecule has 0 amide bonds. The Morgan fingerprint density at radius 1 is 1.64 bits per heavy atom. The summed E-state index contributed by atoms with van der Waals surface area (Å²) in [6.45, 7) is 0. The minimum atomic E-state index is -0.877. The predicted molar refractivity (Wildman–Crippen MR) is 52.0 cm³/mol. The lowest BCUT2D eigenvalue weighted by Gasteiger charge is -1.94. The molecule has 1 fully saturated rings. The third-order valence-corrected chi connectivity index (χ3v) is 3.21. The Morgan fingerprint density at radius 2 is 2.43 bits per heavy atom. The molecule has 14 heavy (non-hydrogen) atoms. The first-order chi connectivity index (χ1) is 6.77. The van der Waals surface area contributed by atoms with E-state index in [1.165, 1.54) is 11.3 Å². The van der Waals surface area contributed by atoms with Crippen LogP contribution in [0.4, 0.5) is 0 Å². The molecule has 0 unspecified atom stereocenters. The fourth-order valence-electron chi connectivity index (χ4n) is 1.66. The van der Waals surface area contributed by atoms with Crippen LogP contribution in [0.2, 0.25) is 0 Å². The SMILES string of the molecule is O=C(O)c1c(C2CC2)nc2sccn12. The van der Waals surface area contributed by atoms with Crippen LogP contribution in [0, 0.1) is 0 Å². The maximum Gasteiger partial charge on any atom is 0.354 e. The second kappa shape index (κ2) is 2.57. The summed E-state index contributed by atoms with van der Waals surface area (Å²) < 4.78 is 1.67. The smallest absolute Gasteiger partial charge is 0.354 e. The van der Waals surface area contributed by atoms with Gasteiger partial charge < -0.3 is 5.11 Å². The molecular weight excluding hydrogens is 200 g/mol. The molecule has 1 aliphatic rings. The molecule has 0 aromatic carbocycles. The van der Waals surface area contributed by atoms with Crippen LogP contribution in [0.25, 0.3) is 4.96 Å². The van der Waals surface area contributed by atoms with E-state index < -0.39 is 5.97 Å². The van der Waals surface area contributed by atoms with E-state index in [0.29, 0.717) is 11.6 Å². The summed E-state index contributed by atoms with van der Waals surface area (Å²) in [6, 6.07) is 0. The summed E-state index contributed by atoms with van der Waals surface area (Å²) in [5.41, 5.74) is 1.12. The molecule has 1 N–H and O–H groups in total. The molecule has 4 nitrogen and oxygen atoms in total. The molecule has 2 heterocycles. The largest absolute Gasteiger partial charge is 0.477 e. The van der Waals surface area contributed by atoms with Gasteiger partial charge in [0.05, 0.1) is 5.69 Å². The lowest BCUT2D eigenvalue weighted by atomic mass is 10.2. The zero-order valence-corrected chi connectivity index (χ0v) is 8.12. The Bertz CT molecular complexity index is 510. The highest BCUT2D eigenvalue weighted by Crippen LogP contribution is 2.41. The van der Waals surface area contributed by atoms with Crippen molar-refractivity contribution in [2.75, 3.05) is 0 Å². The van der Waals surface area contributed by atoms with Crippen LogP contribution in [0.15, 0.2) is 11.6 Å². The number of carboxylic acids is 1. The Balaban J connectivity index is 2.31. The number of aromatic nitrogens is 2. The van der Waals surface area contributed by atoms with E-state index in [2.05, 4.69) is 4.98 Å². The zero-order valence-electron chi connectivity index (χ0n) is 7.30. The maximum atomic E-state index is 11.1. The molecule has 5 heteroatoms. The summed E-state index contributed by atoms with van der Waals surface area (Å²) in [4.78, 5) is 16.2. The fraction of sp³-hybridized carbons (Fsp3) is 0.333. The highest BCUT2D eigenvalue weighted by atomic mass is 32.1. The van der Waals surface area contributed by atoms with Crippen molar-refractivity contribution in [1.82, 2.24) is 9.38 Å². The van der Waals surface area contributed by atoms with Crippen LogP contribution in [0.3, 0.4) is 0 Å². The van der Waals surface area contributed by atoms with Crippen molar-refractivity contribution in [3.05, 3.63) is 23.0 Å². The second-order valence-corrected chi connectivity index (χ2v) is 4.35. The molecular formula is C9H8N2O2S. The lowest BCUT2D eigenvalue weighted by Crippen LogP contribution is -2.03. The molecule has 0 spiro atoms. The number of carbonyl (C=O) groups is 1. The molecule has 0 aliphatic heterocycles. The first kappa shape index (κ1) is 7.99. The van der Waals surface area contributed by atoms with Crippen LogP contribution in [0.5, 0.6) is 0 Å². The number of hydrogen-bond donors (Lipinski definition) is 1. The molecule has 0 atom stereocenters. The quantitative estimate of drug-likeness (QED) is 0.820. The fourth-order valence-corrected chi connectivity index (χ4v) is 2.38. The van der Waals surface area contributed by atoms with Gasteiger partial charge in [-0.1, -0.05) is 0 Å². The predicted octanol–water partition coefficient (Wildman–Crippen LogP) is 1.97. The van der Waals surface area contributed by atoms with E-state index in [4.69, 9.17) is 5.11 Å². The van der Waals surface area contributed by atoms with E-state index in [1.807, 2.05) is 5.38 Å². The molecule has 72 valence electrons. The molecule has 1 saturated carbocycles. The molecule has 3 rings (SSSR count). The number of fused-ring (bicyclic) bond motifs is 1. The molecule has 0 radical (unpaired) electrons. The number of imidazole rings is 1. The third kappa shape index (κ3) is 0.988. The van der Waals surface area contributed by atoms with E-state index in [1.54, 1.807) is 10.6 Å². The van der Waals surface area contributed by atoms with E-state index in [-0.39, 0.29) is 0 Å². The van der Waals surface area contributed by atoms with Gasteiger partial charge in [0.25, 0.3) is 0 Å². The Hall–Kier alpha value is -1.36. The van der Waals surface area contributed by atoms with Crippen molar-refractivity contribution < 1.29 is 9.90 Å². The minimum absolute atomic E-state index is 0.351. The average molecular weight is 208 g/mol. The average Bonchev–Trinajstić information content (AvgIpc) is 2.75. The molecule has 1 aliphatic carbocycles. The van der Waals surface area contributed by atoms with Gasteiger partial charge in [-0.15, -0.1) is 11.3 Å². The van der Waals surface area contributed by atoms with Gasteiger partial charge in [0.2, 0.25) is 0 Å². The summed E-state index contributed by atoms with van der Waals surface area (Å²) in [7, 11) is 0. The number of aromatic carboxylic acids is 1. The van der Waals surface area contributed by atoms with Gasteiger partial charge in [-0.05, 0) is 12.8 Å². The van der Waals surface area contributed by atoms with E-state index >= 15 is 0 Å². The number of rotatable bonds is 2. The highest BCUT2D eigenvalue weighted by Gasteiger charge is 2.32. The Morgan fingerprint density at radius 3 is 3.07 bits per heavy atom. The monoisotopic (exact) mass is 208 g/mol. The van der Waals surface area contributed by atoms with Gasteiger partial charge in [-0.3, -0.25) is 4.40 Å². The van der Waals surface area contributed by atoms with E-state index in [0.717, 1.165) is 23.5 Å². The minimum Gasteiger partial charge on any atom is -0.477 e. The number of thiazole rings is 1. The third-order valence-electron chi connectivity index (χ3n) is 2.46. The van der Waals surface area contributed by atoms with Crippen LogP contribution in [0.1, 0.15) is 34.9 Å². The summed E-state index contributed by atoms with van der Waals surface area (Å²) in [6.07, 6.45) is 3.92. The van der Waals surface area contributed by atoms with Crippen LogP contribution < -0.4 is 0 Å². The molecule has 0 bridgehead atoms. The van der Waals surface area contributed by atoms with Crippen molar-refractivity contribution in [3.63, 3.8) is 0 Å². The Kier molecular flexibility index (Phi) is 1.47. The van der Waals surface area contributed by atoms with E-state index in [9.17, 15) is 4.79 Å². The van der Waals surface area contributed by atoms with Crippen LogP contribution >= 0.6 is 11.3 Å². The Labute approximate surface area is 83.8 Å². The lowest BCUT2D eigenvalue weighted by molar-refractivity contribution is 0.0688. The van der Waals surface area contributed by atoms with Gasteiger partial charge in [-0.2, -0.15) is 0 Å². The van der Waals surface area contributed by atoms with Crippen molar-refractivity contribution >= 4 is 22.3 Å². The first-order valence-corrected chi connectivity index (χ1v) is 5.34. The topological polar surface area (TPSA) is 54.6 Å². The van der Waals surface area contributed by atoms with Crippen LogP contribution in [-0.4, -0.2) is 20.5 Å². The van der Waals surface area contributed by atoms with Gasteiger partial charge in [0.1, 0.15) is 0 Å². The highest BCUT2D eigenvalue weighted by molar-refractivity contribution is 7.15. The van der Waals surface area contributed by atoms with Gasteiger partial charge >= 0.3 is 5.97 Å². The van der Waals surface area contributed by atoms with Gasteiger partial charge in [-0.25, -0.2) is 9.78 Å².